The van der Waals surface area contributed by atoms with Gasteiger partial charge in [0.2, 0.25) is 0 Å². The highest BCUT2D eigenvalue weighted by Gasteiger charge is 2.14. The van der Waals surface area contributed by atoms with E-state index >= 15 is 0 Å². The van der Waals surface area contributed by atoms with Crippen molar-refractivity contribution >= 4 is 22.7 Å². The van der Waals surface area contributed by atoms with Gasteiger partial charge in [0.1, 0.15) is 5.75 Å². The van der Waals surface area contributed by atoms with E-state index in [9.17, 15) is 19.2 Å². The number of hydrogen-bond donors (Lipinski definition) is 1. The number of fused-ring (bicyclic) bond motifs is 1. The number of rotatable bonds is 8. The summed E-state index contributed by atoms with van der Waals surface area (Å²) in [6.45, 7) is 0.352. The number of ether oxygens (including phenoxy) is 1. The summed E-state index contributed by atoms with van der Waals surface area (Å²) in [6, 6.07) is 21.1. The summed E-state index contributed by atoms with van der Waals surface area (Å²) in [5.74, 6) is 0.0671. The summed E-state index contributed by atoms with van der Waals surface area (Å²) >= 11 is 0. The fraction of sp³-hybridized carbons (Fsp3) is 0.214. The zero-order valence-corrected chi connectivity index (χ0v) is 20.9. The first-order valence-corrected chi connectivity index (χ1v) is 11.7. The van der Waals surface area contributed by atoms with Gasteiger partial charge in [-0.15, -0.1) is 0 Å². The first-order valence-electron chi connectivity index (χ1n) is 11.7. The first kappa shape index (κ1) is 25.4. The van der Waals surface area contributed by atoms with E-state index in [1.807, 2.05) is 30.3 Å². The molecular formula is C28H28N4O5. The maximum absolute atomic E-state index is 13.2. The van der Waals surface area contributed by atoms with Crippen LogP contribution in [0.4, 0.5) is 0 Å². The van der Waals surface area contributed by atoms with Gasteiger partial charge in [0.15, 0.2) is 6.61 Å². The highest BCUT2D eigenvalue weighted by molar-refractivity contribution is 5.97. The minimum absolute atomic E-state index is 0.0519. The van der Waals surface area contributed by atoms with E-state index in [0.717, 1.165) is 11.1 Å². The Bertz CT molecular complexity index is 1550. The largest absolute Gasteiger partial charge is 0.484 e. The molecule has 9 heteroatoms. The predicted octanol–water partition coefficient (Wildman–Crippen LogP) is 2.15. The van der Waals surface area contributed by atoms with Crippen LogP contribution >= 0.6 is 0 Å². The molecule has 190 valence electrons. The minimum Gasteiger partial charge on any atom is -0.484 e. The molecule has 0 fully saturated rings. The molecule has 0 bridgehead atoms. The molecule has 0 saturated carbocycles. The molecule has 4 rings (SSSR count). The van der Waals surface area contributed by atoms with E-state index in [-0.39, 0.29) is 31.5 Å². The van der Waals surface area contributed by atoms with Gasteiger partial charge in [0.25, 0.3) is 17.4 Å². The number of carbonyl (C=O) groups excluding carboxylic acids is 2. The van der Waals surface area contributed by atoms with Crippen molar-refractivity contribution in [1.29, 1.82) is 0 Å². The van der Waals surface area contributed by atoms with E-state index < -0.39 is 11.2 Å². The van der Waals surface area contributed by atoms with Gasteiger partial charge in [-0.1, -0.05) is 42.5 Å². The molecule has 37 heavy (non-hydrogen) atoms. The van der Waals surface area contributed by atoms with E-state index in [4.69, 9.17) is 4.74 Å². The summed E-state index contributed by atoms with van der Waals surface area (Å²) in [7, 11) is 4.93. The predicted molar refractivity (Wildman–Crippen MR) is 141 cm³/mol. The van der Waals surface area contributed by atoms with Crippen LogP contribution < -0.4 is 21.3 Å². The summed E-state index contributed by atoms with van der Waals surface area (Å²) in [5.41, 5.74) is 1.58. The Kier molecular flexibility index (Phi) is 7.52. The molecule has 0 saturated heterocycles. The molecule has 4 aromatic rings. The summed E-state index contributed by atoms with van der Waals surface area (Å²) in [5, 5.41) is 3.14. The lowest BCUT2D eigenvalue weighted by atomic mass is 10.1. The number of benzene rings is 3. The van der Waals surface area contributed by atoms with E-state index in [0.29, 0.717) is 22.2 Å². The highest BCUT2D eigenvalue weighted by Crippen LogP contribution is 2.14. The number of aromatic nitrogens is 2. The van der Waals surface area contributed by atoms with Crippen LogP contribution in [-0.2, 0) is 24.9 Å². The molecule has 3 aromatic carbocycles. The third kappa shape index (κ3) is 5.78. The standard InChI is InChI=1S/C28H28N4O5/c1-30(2)25(33)18-37-22-12-9-19(10-13-22)16-29-26(34)21-11-14-24-23(15-21)27(35)32(28(36)31(24)3)17-20-7-5-4-6-8-20/h4-15H,16-18H2,1-3H3,(H,29,34). The van der Waals surface area contributed by atoms with Crippen LogP contribution in [0.15, 0.2) is 82.4 Å². The van der Waals surface area contributed by atoms with Crippen molar-refractivity contribution in [3.05, 3.63) is 110 Å². The number of nitrogens with zero attached hydrogens (tertiary/aromatic N) is 3. The monoisotopic (exact) mass is 500 g/mol. The van der Waals surface area contributed by atoms with Gasteiger partial charge < -0.3 is 15.0 Å². The van der Waals surface area contributed by atoms with Gasteiger partial charge in [-0.05, 0) is 41.5 Å². The Morgan fingerprint density at radius 3 is 2.30 bits per heavy atom. The molecule has 0 aliphatic rings. The van der Waals surface area contributed by atoms with Gasteiger partial charge in [0.05, 0.1) is 17.4 Å². The quantitative estimate of drug-likeness (QED) is 0.399. The molecule has 0 unspecified atom stereocenters. The normalized spacial score (nSPS) is 10.8. The second kappa shape index (κ2) is 10.9. The number of hydrogen-bond acceptors (Lipinski definition) is 5. The van der Waals surface area contributed by atoms with Crippen molar-refractivity contribution in [3.8, 4) is 5.75 Å². The number of amides is 2. The van der Waals surface area contributed by atoms with Crippen LogP contribution in [0.25, 0.3) is 10.9 Å². The molecule has 1 heterocycles. The smallest absolute Gasteiger partial charge is 0.331 e. The van der Waals surface area contributed by atoms with Crippen molar-refractivity contribution in [2.24, 2.45) is 7.05 Å². The summed E-state index contributed by atoms with van der Waals surface area (Å²) in [4.78, 5) is 52.0. The molecule has 0 aliphatic carbocycles. The molecule has 0 radical (unpaired) electrons. The van der Waals surface area contributed by atoms with Crippen LogP contribution in [0.3, 0.4) is 0 Å². The lowest BCUT2D eigenvalue weighted by Gasteiger charge is -2.12. The molecular weight excluding hydrogens is 472 g/mol. The molecule has 1 aromatic heterocycles. The molecule has 0 atom stereocenters. The third-order valence-corrected chi connectivity index (χ3v) is 6.03. The van der Waals surface area contributed by atoms with E-state index in [1.54, 1.807) is 57.5 Å². The molecule has 0 spiro atoms. The topological polar surface area (TPSA) is 103 Å². The Hall–Kier alpha value is -4.66. The second-order valence-corrected chi connectivity index (χ2v) is 8.85. The maximum atomic E-state index is 13.2. The van der Waals surface area contributed by atoms with Crippen LogP contribution in [0.5, 0.6) is 5.75 Å². The van der Waals surface area contributed by atoms with Crippen LogP contribution in [0.2, 0.25) is 0 Å². The number of nitrogens with one attached hydrogen (secondary N) is 1. The molecule has 0 aliphatic heterocycles. The molecule has 2 amide bonds. The average molecular weight is 501 g/mol. The third-order valence-electron chi connectivity index (χ3n) is 6.03. The summed E-state index contributed by atoms with van der Waals surface area (Å²) in [6.07, 6.45) is 0. The Balaban J connectivity index is 1.49. The van der Waals surface area contributed by atoms with E-state index in [1.165, 1.54) is 20.1 Å². The molecule has 9 nitrogen and oxygen atoms in total. The lowest BCUT2D eigenvalue weighted by molar-refractivity contribution is -0.130. The van der Waals surface area contributed by atoms with Gasteiger partial charge in [0, 0.05) is 33.3 Å². The number of likely N-dealkylation sites (N-methyl/N-ethyl adjacent to an activating group) is 1. The van der Waals surface area contributed by atoms with Crippen LogP contribution in [0.1, 0.15) is 21.5 Å². The van der Waals surface area contributed by atoms with Gasteiger partial charge in [-0.3, -0.25) is 23.5 Å². The van der Waals surface area contributed by atoms with Gasteiger partial charge in [-0.2, -0.15) is 0 Å². The first-order chi connectivity index (χ1) is 17.7. The molecule has 1 N–H and O–H groups in total. The lowest BCUT2D eigenvalue weighted by Crippen LogP contribution is -2.39. The van der Waals surface area contributed by atoms with Crippen LogP contribution in [-0.4, -0.2) is 46.6 Å². The zero-order valence-electron chi connectivity index (χ0n) is 20.9. The minimum atomic E-state index is -0.444. The average Bonchev–Trinajstić information content (AvgIpc) is 2.92. The Morgan fingerprint density at radius 1 is 0.919 bits per heavy atom. The van der Waals surface area contributed by atoms with Crippen molar-refractivity contribution in [1.82, 2.24) is 19.4 Å². The van der Waals surface area contributed by atoms with Crippen molar-refractivity contribution in [2.75, 3.05) is 20.7 Å². The Labute approximate surface area is 213 Å². The van der Waals surface area contributed by atoms with Gasteiger partial charge >= 0.3 is 5.69 Å². The van der Waals surface area contributed by atoms with Crippen molar-refractivity contribution < 1.29 is 14.3 Å². The zero-order chi connectivity index (χ0) is 26.5. The highest BCUT2D eigenvalue weighted by atomic mass is 16.5. The number of aryl methyl sites for hydroxylation is 1. The summed E-state index contributed by atoms with van der Waals surface area (Å²) < 4.78 is 8.05. The van der Waals surface area contributed by atoms with Gasteiger partial charge in [-0.25, -0.2) is 4.79 Å². The fourth-order valence-electron chi connectivity index (χ4n) is 3.82. The fourth-order valence-corrected chi connectivity index (χ4v) is 3.82. The van der Waals surface area contributed by atoms with Crippen molar-refractivity contribution in [2.45, 2.75) is 13.1 Å². The Morgan fingerprint density at radius 2 is 1.62 bits per heavy atom. The SMILES string of the molecule is CN(C)C(=O)COc1ccc(CNC(=O)c2ccc3c(c2)c(=O)n(Cc2ccccc2)c(=O)n3C)cc1. The maximum Gasteiger partial charge on any atom is 0.331 e. The van der Waals surface area contributed by atoms with Crippen LogP contribution in [0, 0.1) is 0 Å². The van der Waals surface area contributed by atoms with Crippen molar-refractivity contribution in [3.63, 3.8) is 0 Å². The van der Waals surface area contributed by atoms with E-state index in [2.05, 4.69) is 5.32 Å². The second-order valence-electron chi connectivity index (χ2n) is 8.85. The number of carbonyl (C=O) groups is 2.